The molecule has 0 saturated carbocycles. The first-order chi connectivity index (χ1) is 22.2. The van der Waals surface area contributed by atoms with Crippen molar-refractivity contribution >= 4 is 55.6 Å². The Kier molecular flexibility index (Phi) is 10.3. The number of fused-ring (bicyclic) bond motifs is 1. The average molecular weight is 757 g/mol. The number of para-hydroxylation sites is 1. The molecule has 0 radical (unpaired) electrons. The van der Waals surface area contributed by atoms with E-state index < -0.39 is 12.2 Å². The van der Waals surface area contributed by atoms with Gasteiger partial charge < -0.3 is 24.8 Å². The molecule has 242 valence electrons. The second kappa shape index (κ2) is 14.5. The lowest BCUT2D eigenvalue weighted by Gasteiger charge is -2.38. The highest BCUT2D eigenvalue weighted by atomic mass is 79.9. The van der Waals surface area contributed by atoms with E-state index in [1.165, 1.54) is 12.1 Å². The molecule has 0 bridgehead atoms. The van der Waals surface area contributed by atoms with Crippen molar-refractivity contribution in [2.24, 2.45) is 0 Å². The van der Waals surface area contributed by atoms with Gasteiger partial charge in [-0.25, -0.2) is 14.0 Å². The van der Waals surface area contributed by atoms with Gasteiger partial charge in [0.25, 0.3) is 5.91 Å². The van der Waals surface area contributed by atoms with E-state index in [-0.39, 0.29) is 36.1 Å². The average Bonchev–Trinajstić information content (AvgIpc) is 3.24. The van der Waals surface area contributed by atoms with Gasteiger partial charge in [0.2, 0.25) is 0 Å². The highest BCUT2D eigenvalue weighted by Gasteiger charge is 2.35. The van der Waals surface area contributed by atoms with Gasteiger partial charge in [-0.3, -0.25) is 4.79 Å². The molecule has 3 aliphatic rings. The number of likely N-dealkylation sites (tertiary alicyclic amines) is 2. The van der Waals surface area contributed by atoms with E-state index in [4.69, 9.17) is 4.74 Å². The van der Waals surface area contributed by atoms with Gasteiger partial charge in [0.05, 0.1) is 0 Å². The van der Waals surface area contributed by atoms with Crippen molar-refractivity contribution in [2.45, 2.75) is 56.6 Å². The molecule has 1 unspecified atom stereocenters. The minimum absolute atomic E-state index is 0.0123. The standard InChI is InChI=1S/C35H37Br2FN4O4/c36-29-10-5-23(21-30(29)37)22-32(33(43)40-16-11-25(12-17-40)24-6-8-27(38)9-7-24)46-35(45)41-18-14-28(15-19-41)42-20-13-26-3-1-2-4-31(26)39-34(42)44/h1-10,21,25,28,32H,11-20,22H2,(H,39,44). The zero-order valence-corrected chi connectivity index (χ0v) is 28.6. The molecule has 3 aliphatic heterocycles. The van der Waals surface area contributed by atoms with Crippen LogP contribution in [0, 0.1) is 5.82 Å². The minimum Gasteiger partial charge on any atom is -0.436 e. The van der Waals surface area contributed by atoms with E-state index in [0.29, 0.717) is 45.6 Å². The van der Waals surface area contributed by atoms with Crippen LogP contribution in [0.2, 0.25) is 0 Å². The molecular weight excluding hydrogens is 719 g/mol. The van der Waals surface area contributed by atoms with Crippen LogP contribution in [-0.2, 0) is 22.4 Å². The van der Waals surface area contributed by atoms with Crippen LogP contribution in [0.15, 0.2) is 75.7 Å². The Morgan fingerprint density at radius 1 is 0.870 bits per heavy atom. The van der Waals surface area contributed by atoms with Gasteiger partial charge in [-0.2, -0.15) is 0 Å². The number of carbonyl (C=O) groups excluding carboxylic acids is 3. The van der Waals surface area contributed by atoms with Crippen LogP contribution < -0.4 is 5.32 Å². The van der Waals surface area contributed by atoms with E-state index in [1.807, 2.05) is 59.5 Å². The van der Waals surface area contributed by atoms with E-state index in [1.54, 1.807) is 9.80 Å². The molecule has 8 nitrogen and oxygen atoms in total. The summed E-state index contributed by atoms with van der Waals surface area (Å²) < 4.78 is 21.2. The van der Waals surface area contributed by atoms with Crippen molar-refractivity contribution in [3.63, 3.8) is 0 Å². The lowest BCUT2D eigenvalue weighted by atomic mass is 9.89. The molecule has 46 heavy (non-hydrogen) atoms. The third kappa shape index (κ3) is 7.57. The Hall–Kier alpha value is -3.44. The Bertz CT molecular complexity index is 1570. The number of nitrogens with zero attached hydrogens (tertiary/aromatic N) is 3. The van der Waals surface area contributed by atoms with E-state index in [0.717, 1.165) is 50.6 Å². The van der Waals surface area contributed by atoms with Crippen molar-refractivity contribution in [3.05, 3.63) is 98.2 Å². The summed E-state index contributed by atoms with van der Waals surface area (Å²) in [5.41, 5.74) is 3.91. The fraction of sp³-hybridized carbons (Fsp3) is 0.400. The summed E-state index contributed by atoms with van der Waals surface area (Å²) in [6.07, 6.45) is 2.31. The van der Waals surface area contributed by atoms with Gasteiger partial charge in [-0.15, -0.1) is 0 Å². The maximum absolute atomic E-state index is 13.9. The van der Waals surface area contributed by atoms with E-state index in [2.05, 4.69) is 37.2 Å². The van der Waals surface area contributed by atoms with Gasteiger partial charge >= 0.3 is 12.1 Å². The number of piperidine rings is 2. The largest absolute Gasteiger partial charge is 0.436 e. The van der Waals surface area contributed by atoms with Gasteiger partial charge in [-0.1, -0.05) is 36.4 Å². The summed E-state index contributed by atoms with van der Waals surface area (Å²) in [6.45, 7) is 2.56. The molecule has 4 amide bonds. The predicted molar refractivity (Wildman–Crippen MR) is 181 cm³/mol. The molecule has 1 atom stereocenters. The Morgan fingerprint density at radius 3 is 2.28 bits per heavy atom. The summed E-state index contributed by atoms with van der Waals surface area (Å²) in [5.74, 6) is -0.223. The second-order valence-electron chi connectivity index (χ2n) is 12.2. The van der Waals surface area contributed by atoms with Gasteiger partial charge in [0.15, 0.2) is 6.10 Å². The summed E-state index contributed by atoms with van der Waals surface area (Å²) in [7, 11) is 0. The first-order valence-electron chi connectivity index (χ1n) is 15.8. The number of ether oxygens (including phenoxy) is 1. The topological polar surface area (TPSA) is 82.2 Å². The predicted octanol–water partition coefficient (Wildman–Crippen LogP) is 7.36. The van der Waals surface area contributed by atoms with Crippen LogP contribution in [0.1, 0.15) is 48.3 Å². The summed E-state index contributed by atoms with van der Waals surface area (Å²) in [5, 5.41) is 3.04. The van der Waals surface area contributed by atoms with Gasteiger partial charge in [0.1, 0.15) is 5.82 Å². The molecule has 0 spiro atoms. The van der Waals surface area contributed by atoms with Crippen molar-refractivity contribution in [1.82, 2.24) is 14.7 Å². The lowest BCUT2D eigenvalue weighted by molar-refractivity contribution is -0.142. The number of hydrogen-bond donors (Lipinski definition) is 1. The molecule has 2 fully saturated rings. The molecule has 3 heterocycles. The van der Waals surface area contributed by atoms with Crippen molar-refractivity contribution in [3.8, 4) is 0 Å². The molecule has 1 N–H and O–H groups in total. The maximum Gasteiger partial charge on any atom is 0.410 e. The smallest absolute Gasteiger partial charge is 0.410 e. The highest BCUT2D eigenvalue weighted by molar-refractivity contribution is 9.13. The minimum atomic E-state index is -0.976. The molecule has 3 aromatic carbocycles. The Labute approximate surface area is 285 Å². The zero-order valence-electron chi connectivity index (χ0n) is 25.5. The van der Waals surface area contributed by atoms with E-state index >= 15 is 0 Å². The summed E-state index contributed by atoms with van der Waals surface area (Å²) in [6, 6.07) is 20.1. The lowest BCUT2D eigenvalue weighted by Crippen LogP contribution is -2.51. The van der Waals surface area contributed by atoms with Crippen LogP contribution >= 0.6 is 31.9 Å². The summed E-state index contributed by atoms with van der Waals surface area (Å²) in [4.78, 5) is 45.8. The molecule has 0 aliphatic carbocycles. The first-order valence-corrected chi connectivity index (χ1v) is 17.4. The Balaban J connectivity index is 1.08. The van der Waals surface area contributed by atoms with Crippen molar-refractivity contribution < 1.29 is 23.5 Å². The van der Waals surface area contributed by atoms with Crippen molar-refractivity contribution in [2.75, 3.05) is 38.0 Å². The van der Waals surface area contributed by atoms with Crippen LogP contribution in [0.4, 0.5) is 19.7 Å². The number of anilines is 1. The number of rotatable bonds is 6. The first kappa shape index (κ1) is 32.5. The SMILES string of the molecule is O=C(OC(Cc1ccc(Br)c(Br)c1)C(=O)N1CCC(c2ccc(F)cc2)CC1)N1CCC(N2CCc3ccccc3NC2=O)CC1. The number of benzene rings is 3. The van der Waals surface area contributed by atoms with Crippen LogP contribution in [0.3, 0.4) is 0 Å². The van der Waals surface area contributed by atoms with Crippen molar-refractivity contribution in [1.29, 1.82) is 0 Å². The number of carbonyl (C=O) groups is 3. The monoisotopic (exact) mass is 754 g/mol. The number of hydrogen-bond acceptors (Lipinski definition) is 4. The second-order valence-corrected chi connectivity index (χ2v) is 13.9. The quantitative estimate of drug-likeness (QED) is 0.285. The zero-order chi connectivity index (χ0) is 32.2. The molecule has 6 rings (SSSR count). The maximum atomic E-state index is 13.9. The number of halogens is 3. The van der Waals surface area contributed by atoms with Gasteiger partial charge in [-0.05, 0) is 117 Å². The van der Waals surface area contributed by atoms with Gasteiger partial charge in [0, 0.05) is 59.8 Å². The third-order valence-corrected chi connectivity index (χ3v) is 11.3. The molecular formula is C35H37Br2FN4O4. The van der Waals surface area contributed by atoms with E-state index in [9.17, 15) is 18.8 Å². The van der Waals surface area contributed by atoms with Crippen LogP contribution in [0.5, 0.6) is 0 Å². The highest BCUT2D eigenvalue weighted by Crippen LogP contribution is 2.30. The number of amides is 4. The molecule has 0 aromatic heterocycles. The fourth-order valence-corrected chi connectivity index (χ4v) is 7.40. The molecule has 3 aromatic rings. The Morgan fingerprint density at radius 2 is 1.57 bits per heavy atom. The third-order valence-electron chi connectivity index (χ3n) is 9.38. The molecule has 2 saturated heterocycles. The summed E-state index contributed by atoms with van der Waals surface area (Å²) >= 11 is 7.03. The molecule has 11 heteroatoms. The number of nitrogens with one attached hydrogen (secondary N) is 1. The van der Waals surface area contributed by atoms with Crippen LogP contribution in [0.25, 0.3) is 0 Å². The normalized spacial score (nSPS) is 18.4. The van der Waals surface area contributed by atoms with Crippen LogP contribution in [-0.4, -0.2) is 77.6 Å². The fourth-order valence-electron chi connectivity index (χ4n) is 6.73. The number of urea groups is 1.